The van der Waals surface area contributed by atoms with Crippen molar-refractivity contribution in [3.05, 3.63) is 34.3 Å². The average molecular weight is 329 g/mol. The zero-order valence-electron chi connectivity index (χ0n) is 11.4. The molecule has 0 fully saturated rings. The van der Waals surface area contributed by atoms with Crippen LogP contribution in [0, 0.1) is 0 Å². The van der Waals surface area contributed by atoms with Gasteiger partial charge in [0.15, 0.2) is 0 Å². The summed E-state index contributed by atoms with van der Waals surface area (Å²) in [4.78, 5) is 6.39. The van der Waals surface area contributed by atoms with E-state index >= 15 is 0 Å². The number of nitrogens with one attached hydrogen (secondary N) is 1. The van der Waals surface area contributed by atoms with E-state index in [9.17, 15) is 0 Å². The lowest BCUT2D eigenvalue weighted by Gasteiger charge is -2.20. The van der Waals surface area contributed by atoms with Crippen molar-refractivity contribution in [1.82, 2.24) is 10.3 Å². The fourth-order valence-electron chi connectivity index (χ4n) is 1.65. The van der Waals surface area contributed by atoms with E-state index in [1.807, 2.05) is 24.1 Å². The van der Waals surface area contributed by atoms with E-state index in [0.29, 0.717) is 19.1 Å². The first-order chi connectivity index (χ1) is 9.17. The third-order valence-electron chi connectivity index (χ3n) is 2.57. The SMILES string of the molecule is COCCCN=C(NN)N(C)Cc1cccc(Br)c1. The van der Waals surface area contributed by atoms with Crippen LogP contribution in [0.1, 0.15) is 12.0 Å². The minimum Gasteiger partial charge on any atom is -0.385 e. The number of nitrogens with two attached hydrogens (primary N) is 1. The first-order valence-corrected chi connectivity index (χ1v) is 6.92. The lowest BCUT2D eigenvalue weighted by molar-refractivity contribution is 0.197. The Morgan fingerprint density at radius 2 is 2.32 bits per heavy atom. The summed E-state index contributed by atoms with van der Waals surface area (Å²) in [5, 5.41) is 0. The van der Waals surface area contributed by atoms with Gasteiger partial charge in [0.2, 0.25) is 5.96 Å². The molecule has 1 aromatic carbocycles. The third-order valence-corrected chi connectivity index (χ3v) is 3.06. The van der Waals surface area contributed by atoms with Crippen LogP contribution in [0.2, 0.25) is 0 Å². The van der Waals surface area contributed by atoms with Gasteiger partial charge in [-0.25, -0.2) is 5.84 Å². The van der Waals surface area contributed by atoms with E-state index in [4.69, 9.17) is 10.6 Å². The van der Waals surface area contributed by atoms with E-state index in [-0.39, 0.29) is 0 Å². The van der Waals surface area contributed by atoms with Crippen molar-refractivity contribution in [3.8, 4) is 0 Å². The van der Waals surface area contributed by atoms with E-state index in [2.05, 4.69) is 38.5 Å². The van der Waals surface area contributed by atoms with Crippen LogP contribution in [0.25, 0.3) is 0 Å². The molecule has 5 nitrogen and oxygen atoms in total. The predicted octanol–water partition coefficient (Wildman–Crippen LogP) is 1.74. The number of guanidine groups is 1. The van der Waals surface area contributed by atoms with Crippen LogP contribution >= 0.6 is 15.9 Å². The van der Waals surface area contributed by atoms with E-state index in [1.54, 1.807) is 7.11 Å². The quantitative estimate of drug-likeness (QED) is 0.274. The molecule has 0 saturated carbocycles. The number of ether oxygens (including phenoxy) is 1. The Labute approximate surface area is 122 Å². The van der Waals surface area contributed by atoms with E-state index < -0.39 is 0 Å². The molecule has 0 aromatic heterocycles. The molecular formula is C13H21BrN4O. The number of hydrogen-bond donors (Lipinski definition) is 2. The Balaban J connectivity index is 2.55. The zero-order chi connectivity index (χ0) is 14.1. The normalized spacial score (nSPS) is 11.5. The van der Waals surface area contributed by atoms with Gasteiger partial charge in [-0.3, -0.25) is 10.4 Å². The second-order valence-electron chi connectivity index (χ2n) is 4.18. The van der Waals surface area contributed by atoms with Crippen molar-refractivity contribution in [2.75, 3.05) is 27.3 Å². The van der Waals surface area contributed by atoms with Gasteiger partial charge in [0, 0.05) is 38.3 Å². The van der Waals surface area contributed by atoms with Gasteiger partial charge in [-0.1, -0.05) is 28.1 Å². The summed E-state index contributed by atoms with van der Waals surface area (Å²) in [5.41, 5.74) is 3.83. The highest BCUT2D eigenvalue weighted by Crippen LogP contribution is 2.12. The Bertz CT molecular complexity index is 411. The highest BCUT2D eigenvalue weighted by atomic mass is 79.9. The second-order valence-corrected chi connectivity index (χ2v) is 5.10. The molecule has 0 spiro atoms. The zero-order valence-corrected chi connectivity index (χ0v) is 13.0. The molecule has 0 aliphatic rings. The molecule has 0 amide bonds. The molecule has 0 radical (unpaired) electrons. The molecule has 0 heterocycles. The van der Waals surface area contributed by atoms with Crippen LogP contribution in [0.5, 0.6) is 0 Å². The number of methoxy groups -OCH3 is 1. The number of hydrazine groups is 1. The summed E-state index contributed by atoms with van der Waals surface area (Å²) in [5.74, 6) is 6.19. The molecular weight excluding hydrogens is 308 g/mol. The number of rotatable bonds is 6. The lowest BCUT2D eigenvalue weighted by atomic mass is 10.2. The Kier molecular flexibility index (Phi) is 7.47. The second kappa shape index (κ2) is 8.90. The largest absolute Gasteiger partial charge is 0.385 e. The van der Waals surface area contributed by atoms with Crippen molar-refractivity contribution in [2.45, 2.75) is 13.0 Å². The highest BCUT2D eigenvalue weighted by Gasteiger charge is 2.05. The van der Waals surface area contributed by atoms with Crippen LogP contribution < -0.4 is 11.3 Å². The fourth-order valence-corrected chi connectivity index (χ4v) is 2.10. The van der Waals surface area contributed by atoms with Gasteiger partial charge in [0.25, 0.3) is 0 Å². The summed E-state index contributed by atoms with van der Waals surface area (Å²) in [6, 6.07) is 8.17. The van der Waals surface area contributed by atoms with Crippen molar-refractivity contribution >= 4 is 21.9 Å². The molecule has 0 aliphatic heterocycles. The molecule has 106 valence electrons. The molecule has 0 aliphatic carbocycles. The topological polar surface area (TPSA) is 62.9 Å². The summed E-state index contributed by atoms with van der Waals surface area (Å²) in [6.07, 6.45) is 0.881. The van der Waals surface area contributed by atoms with Gasteiger partial charge in [-0.2, -0.15) is 0 Å². The first-order valence-electron chi connectivity index (χ1n) is 6.13. The van der Waals surface area contributed by atoms with Gasteiger partial charge in [0.1, 0.15) is 0 Å². The smallest absolute Gasteiger partial charge is 0.208 e. The average Bonchev–Trinajstić information content (AvgIpc) is 2.38. The molecule has 0 bridgehead atoms. The standard InChI is InChI=1S/C13H21BrN4O/c1-18(10-11-5-3-6-12(14)9-11)13(17-15)16-7-4-8-19-2/h3,5-6,9H,4,7-8,10,15H2,1-2H3,(H,16,17). The summed E-state index contributed by atoms with van der Waals surface area (Å²) >= 11 is 3.46. The van der Waals surface area contributed by atoms with Crippen LogP contribution in [-0.4, -0.2) is 38.2 Å². The predicted molar refractivity (Wildman–Crippen MR) is 81.7 cm³/mol. The van der Waals surface area contributed by atoms with E-state index in [0.717, 1.165) is 17.4 Å². The van der Waals surface area contributed by atoms with Crippen molar-refractivity contribution < 1.29 is 4.74 Å². The molecule has 0 saturated heterocycles. The van der Waals surface area contributed by atoms with Crippen LogP contribution in [0.3, 0.4) is 0 Å². The van der Waals surface area contributed by atoms with Crippen molar-refractivity contribution in [3.63, 3.8) is 0 Å². The fraction of sp³-hybridized carbons (Fsp3) is 0.462. The molecule has 1 rings (SSSR count). The molecule has 19 heavy (non-hydrogen) atoms. The van der Waals surface area contributed by atoms with Gasteiger partial charge in [0.05, 0.1) is 0 Å². The van der Waals surface area contributed by atoms with Gasteiger partial charge < -0.3 is 9.64 Å². The molecule has 1 aromatic rings. The van der Waals surface area contributed by atoms with Crippen molar-refractivity contribution in [2.24, 2.45) is 10.8 Å². The summed E-state index contributed by atoms with van der Waals surface area (Å²) in [6.45, 7) is 2.14. The van der Waals surface area contributed by atoms with E-state index in [1.165, 1.54) is 5.56 Å². The third kappa shape index (κ3) is 6.04. The number of aliphatic imine (C=N–C) groups is 1. The number of hydrogen-bond acceptors (Lipinski definition) is 3. The minimum atomic E-state index is 0.677. The molecule has 6 heteroatoms. The Morgan fingerprint density at radius 3 is 2.95 bits per heavy atom. The Morgan fingerprint density at radius 1 is 1.53 bits per heavy atom. The van der Waals surface area contributed by atoms with Gasteiger partial charge >= 0.3 is 0 Å². The minimum absolute atomic E-state index is 0.677. The number of benzene rings is 1. The maximum Gasteiger partial charge on any atom is 0.208 e. The molecule has 0 atom stereocenters. The van der Waals surface area contributed by atoms with Crippen LogP contribution in [0.15, 0.2) is 33.7 Å². The maximum absolute atomic E-state index is 5.51. The number of halogens is 1. The Hall–Kier alpha value is -1.11. The molecule has 0 unspecified atom stereocenters. The number of nitrogens with zero attached hydrogens (tertiary/aromatic N) is 2. The summed E-state index contributed by atoms with van der Waals surface area (Å²) in [7, 11) is 3.64. The van der Waals surface area contributed by atoms with Crippen LogP contribution in [0.4, 0.5) is 0 Å². The van der Waals surface area contributed by atoms with Crippen LogP contribution in [-0.2, 0) is 11.3 Å². The highest BCUT2D eigenvalue weighted by molar-refractivity contribution is 9.10. The summed E-state index contributed by atoms with van der Waals surface area (Å²) < 4.78 is 6.05. The lowest BCUT2D eigenvalue weighted by Crippen LogP contribution is -2.42. The van der Waals surface area contributed by atoms with Gasteiger partial charge in [-0.15, -0.1) is 0 Å². The van der Waals surface area contributed by atoms with Crippen molar-refractivity contribution in [1.29, 1.82) is 0 Å². The van der Waals surface area contributed by atoms with Gasteiger partial charge in [-0.05, 0) is 24.1 Å². The molecule has 3 N–H and O–H groups in total. The first kappa shape index (κ1) is 15.9. The monoisotopic (exact) mass is 328 g/mol. The maximum atomic E-state index is 5.51.